The summed E-state index contributed by atoms with van der Waals surface area (Å²) in [5, 5.41) is 1.39. The molecule has 1 aromatic heterocycles. The highest BCUT2D eigenvalue weighted by molar-refractivity contribution is 6.33. The van der Waals surface area contributed by atoms with Crippen molar-refractivity contribution < 1.29 is 0 Å². The Bertz CT molecular complexity index is 1080. The SMILES string of the molecule is Clc1ccc(Cn2c(/N=C/c3ccccc3Cl)nc3ccccc32)cc1. The lowest BCUT2D eigenvalue weighted by Crippen LogP contribution is -1.99. The average molecular weight is 380 g/mol. The molecule has 0 bridgehead atoms. The Balaban J connectivity index is 1.76. The maximum Gasteiger partial charge on any atom is 0.230 e. The third-order valence-corrected chi connectivity index (χ3v) is 4.71. The zero-order valence-corrected chi connectivity index (χ0v) is 15.3. The van der Waals surface area contributed by atoms with Gasteiger partial charge in [0, 0.05) is 21.8 Å². The molecule has 0 radical (unpaired) electrons. The predicted octanol–water partition coefficient (Wildman–Crippen LogP) is 6.14. The first-order valence-electron chi connectivity index (χ1n) is 8.19. The third-order valence-electron chi connectivity index (χ3n) is 4.11. The van der Waals surface area contributed by atoms with E-state index in [0.29, 0.717) is 17.5 Å². The molecule has 3 nitrogen and oxygen atoms in total. The van der Waals surface area contributed by atoms with Crippen LogP contribution >= 0.6 is 23.2 Å². The highest BCUT2D eigenvalue weighted by atomic mass is 35.5. The molecule has 0 aliphatic carbocycles. The molecule has 0 aliphatic rings. The van der Waals surface area contributed by atoms with Gasteiger partial charge in [0.2, 0.25) is 5.95 Å². The molecule has 0 N–H and O–H groups in total. The van der Waals surface area contributed by atoms with E-state index in [2.05, 4.69) is 14.5 Å². The van der Waals surface area contributed by atoms with Crippen molar-refractivity contribution in [2.45, 2.75) is 6.54 Å². The van der Waals surface area contributed by atoms with E-state index in [0.717, 1.165) is 27.2 Å². The van der Waals surface area contributed by atoms with E-state index >= 15 is 0 Å². The van der Waals surface area contributed by atoms with Crippen LogP contribution in [0, 0.1) is 0 Å². The van der Waals surface area contributed by atoms with Crippen molar-refractivity contribution in [3.05, 3.63) is 94.0 Å². The van der Waals surface area contributed by atoms with Crippen LogP contribution < -0.4 is 0 Å². The molecular formula is C21H15Cl2N3. The molecular weight excluding hydrogens is 365 g/mol. The number of rotatable bonds is 4. The van der Waals surface area contributed by atoms with Crippen molar-refractivity contribution in [2.75, 3.05) is 0 Å². The Morgan fingerprint density at radius 1 is 0.885 bits per heavy atom. The molecule has 0 spiro atoms. The van der Waals surface area contributed by atoms with E-state index in [9.17, 15) is 0 Å². The number of imidazole rings is 1. The van der Waals surface area contributed by atoms with Gasteiger partial charge in [-0.2, -0.15) is 0 Å². The lowest BCUT2D eigenvalue weighted by atomic mass is 10.2. The van der Waals surface area contributed by atoms with Gasteiger partial charge >= 0.3 is 0 Å². The first kappa shape index (κ1) is 16.8. The molecule has 0 amide bonds. The van der Waals surface area contributed by atoms with Gasteiger partial charge in [0.15, 0.2) is 0 Å². The summed E-state index contributed by atoms with van der Waals surface area (Å²) in [4.78, 5) is 9.27. The average Bonchev–Trinajstić information content (AvgIpc) is 3.00. The molecule has 1 heterocycles. The van der Waals surface area contributed by atoms with Gasteiger partial charge < -0.3 is 4.57 Å². The Labute approximate surface area is 161 Å². The fourth-order valence-corrected chi connectivity index (χ4v) is 3.11. The molecule has 0 aliphatic heterocycles. The monoisotopic (exact) mass is 379 g/mol. The van der Waals surface area contributed by atoms with Gasteiger partial charge in [-0.15, -0.1) is 0 Å². The second-order valence-corrected chi connectivity index (χ2v) is 6.74. The number of para-hydroxylation sites is 2. The van der Waals surface area contributed by atoms with E-state index in [4.69, 9.17) is 23.2 Å². The summed E-state index contributed by atoms with van der Waals surface area (Å²) in [5.41, 5.74) is 3.94. The minimum Gasteiger partial charge on any atom is -0.304 e. The number of nitrogens with zero attached hydrogens (tertiary/aromatic N) is 3. The second kappa shape index (κ2) is 7.32. The first-order valence-corrected chi connectivity index (χ1v) is 8.94. The fraction of sp³-hybridized carbons (Fsp3) is 0.0476. The lowest BCUT2D eigenvalue weighted by molar-refractivity contribution is 0.827. The minimum absolute atomic E-state index is 0.640. The van der Waals surface area contributed by atoms with Gasteiger partial charge in [-0.25, -0.2) is 9.98 Å². The summed E-state index contributed by atoms with van der Waals surface area (Å²) >= 11 is 12.2. The molecule has 4 rings (SSSR count). The van der Waals surface area contributed by atoms with E-state index in [1.165, 1.54) is 0 Å². The number of hydrogen-bond acceptors (Lipinski definition) is 2. The van der Waals surface area contributed by atoms with Gasteiger partial charge in [0.25, 0.3) is 0 Å². The van der Waals surface area contributed by atoms with Gasteiger partial charge in [0.1, 0.15) is 0 Å². The first-order chi connectivity index (χ1) is 12.7. The molecule has 0 fully saturated rings. The molecule has 3 aromatic carbocycles. The number of hydrogen-bond donors (Lipinski definition) is 0. The van der Waals surface area contributed by atoms with Gasteiger partial charge in [0.05, 0.1) is 17.6 Å². The largest absolute Gasteiger partial charge is 0.304 e. The van der Waals surface area contributed by atoms with Crippen LogP contribution in [0.2, 0.25) is 10.0 Å². The van der Waals surface area contributed by atoms with Crippen LogP contribution in [-0.2, 0) is 6.54 Å². The van der Waals surface area contributed by atoms with Crippen molar-refractivity contribution in [3.8, 4) is 0 Å². The molecule has 0 saturated carbocycles. The molecule has 0 unspecified atom stereocenters. The highest BCUT2D eigenvalue weighted by Crippen LogP contribution is 2.24. The Morgan fingerprint density at radius 2 is 1.62 bits per heavy atom. The maximum absolute atomic E-state index is 6.22. The topological polar surface area (TPSA) is 30.2 Å². The zero-order valence-electron chi connectivity index (χ0n) is 13.8. The van der Waals surface area contributed by atoms with Crippen molar-refractivity contribution in [3.63, 3.8) is 0 Å². The van der Waals surface area contributed by atoms with Crippen LogP contribution in [0.4, 0.5) is 5.95 Å². The van der Waals surface area contributed by atoms with Crippen LogP contribution in [-0.4, -0.2) is 15.8 Å². The third kappa shape index (κ3) is 3.50. The van der Waals surface area contributed by atoms with E-state index in [1.54, 1.807) is 6.21 Å². The van der Waals surface area contributed by atoms with Crippen molar-refractivity contribution in [1.29, 1.82) is 0 Å². The van der Waals surface area contributed by atoms with E-state index in [-0.39, 0.29) is 0 Å². The summed E-state index contributed by atoms with van der Waals surface area (Å²) in [6.07, 6.45) is 1.75. The number of halogens is 2. The zero-order chi connectivity index (χ0) is 17.9. The van der Waals surface area contributed by atoms with E-state index in [1.807, 2.05) is 72.8 Å². The van der Waals surface area contributed by atoms with Crippen molar-refractivity contribution in [1.82, 2.24) is 9.55 Å². The summed E-state index contributed by atoms with van der Waals surface area (Å²) < 4.78 is 2.09. The van der Waals surface area contributed by atoms with Crippen molar-refractivity contribution in [2.24, 2.45) is 4.99 Å². The van der Waals surface area contributed by atoms with Gasteiger partial charge in [-0.05, 0) is 35.9 Å². The summed E-state index contributed by atoms with van der Waals surface area (Å²) in [6.45, 7) is 0.660. The number of aromatic nitrogens is 2. The fourth-order valence-electron chi connectivity index (χ4n) is 2.80. The molecule has 0 saturated heterocycles. The molecule has 26 heavy (non-hydrogen) atoms. The van der Waals surface area contributed by atoms with Crippen LogP contribution in [0.25, 0.3) is 11.0 Å². The summed E-state index contributed by atoms with van der Waals surface area (Å²) in [6, 6.07) is 23.4. The molecule has 0 atom stereocenters. The van der Waals surface area contributed by atoms with E-state index < -0.39 is 0 Å². The molecule has 128 valence electrons. The normalized spacial score (nSPS) is 11.5. The van der Waals surface area contributed by atoms with Crippen LogP contribution in [0.3, 0.4) is 0 Å². The van der Waals surface area contributed by atoms with Crippen LogP contribution in [0.1, 0.15) is 11.1 Å². The maximum atomic E-state index is 6.22. The number of fused-ring (bicyclic) bond motifs is 1. The van der Waals surface area contributed by atoms with Gasteiger partial charge in [-0.1, -0.05) is 65.7 Å². The summed E-state index contributed by atoms with van der Waals surface area (Å²) in [5.74, 6) is 0.640. The quantitative estimate of drug-likeness (QED) is 0.391. The summed E-state index contributed by atoms with van der Waals surface area (Å²) in [7, 11) is 0. The lowest BCUT2D eigenvalue weighted by Gasteiger charge is -2.07. The Morgan fingerprint density at radius 3 is 2.42 bits per heavy atom. The minimum atomic E-state index is 0.640. The molecule has 4 aromatic rings. The van der Waals surface area contributed by atoms with Gasteiger partial charge in [-0.3, -0.25) is 0 Å². The van der Waals surface area contributed by atoms with Crippen LogP contribution in [0.15, 0.2) is 77.8 Å². The predicted molar refractivity (Wildman–Crippen MR) is 109 cm³/mol. The number of benzene rings is 3. The van der Waals surface area contributed by atoms with Crippen molar-refractivity contribution >= 4 is 46.4 Å². The smallest absolute Gasteiger partial charge is 0.230 e. The standard InChI is InChI=1S/C21H15Cl2N3/c22-17-11-9-15(10-12-17)14-26-20-8-4-3-7-19(20)25-21(26)24-13-16-5-1-2-6-18(16)23/h1-13H,14H2/b24-13+. The molecule has 5 heteroatoms. The van der Waals surface area contributed by atoms with Crippen LogP contribution in [0.5, 0.6) is 0 Å². The Hall–Kier alpha value is -2.62. The second-order valence-electron chi connectivity index (χ2n) is 5.89. The number of aliphatic imine (C=N–C) groups is 1. The highest BCUT2D eigenvalue weighted by Gasteiger charge is 2.10. The Kier molecular flexibility index (Phi) is 4.74.